The van der Waals surface area contributed by atoms with E-state index in [0.29, 0.717) is 6.54 Å². The van der Waals surface area contributed by atoms with Crippen molar-refractivity contribution in [3.8, 4) is 0 Å². The lowest BCUT2D eigenvalue weighted by atomic mass is 10.0. The zero-order valence-corrected chi connectivity index (χ0v) is 7.57. The van der Waals surface area contributed by atoms with Crippen LogP contribution in [0.15, 0.2) is 0 Å². The molecular weight excluding hydrogens is 186 g/mol. The first-order valence-corrected chi connectivity index (χ1v) is 4.33. The zero-order valence-electron chi connectivity index (χ0n) is 7.57. The molecule has 0 saturated carbocycles. The van der Waals surface area contributed by atoms with E-state index in [1.54, 1.807) is 0 Å². The number of hydrogen-bond acceptors (Lipinski definition) is 1. The van der Waals surface area contributed by atoms with Gasteiger partial charge in [-0.15, -0.1) is 0 Å². The Balaban J connectivity index is 3.73. The van der Waals surface area contributed by atoms with Gasteiger partial charge in [-0.1, -0.05) is 6.92 Å². The highest BCUT2D eigenvalue weighted by atomic mass is 19.3. The average Bonchev–Trinajstić information content (AvgIpc) is 1.98. The Morgan fingerprint density at radius 3 is 1.77 bits per heavy atom. The predicted octanol–water partition coefficient (Wildman–Crippen LogP) is 2.52. The van der Waals surface area contributed by atoms with Crippen LogP contribution >= 0.6 is 0 Å². The number of rotatable bonds is 7. The summed E-state index contributed by atoms with van der Waals surface area (Å²) in [5, 5.41) is 2.79. The predicted molar refractivity (Wildman–Crippen MR) is 43.3 cm³/mol. The minimum Gasteiger partial charge on any atom is -0.317 e. The molecule has 0 bridgehead atoms. The van der Waals surface area contributed by atoms with E-state index < -0.39 is 31.6 Å². The van der Waals surface area contributed by atoms with E-state index in [0.717, 1.165) is 0 Å². The summed E-state index contributed by atoms with van der Waals surface area (Å²) < 4.78 is 47.6. The molecule has 0 saturated heterocycles. The third kappa shape index (κ3) is 8.02. The van der Waals surface area contributed by atoms with Crippen molar-refractivity contribution in [2.45, 2.75) is 32.6 Å². The minimum absolute atomic E-state index is 0.241. The fraction of sp³-hybridized carbons (Fsp3) is 1.00. The van der Waals surface area contributed by atoms with Gasteiger partial charge >= 0.3 is 0 Å². The topological polar surface area (TPSA) is 12.0 Å². The fourth-order valence-electron chi connectivity index (χ4n) is 1.12. The summed E-state index contributed by atoms with van der Waals surface area (Å²) in [6, 6.07) is 0. The normalized spacial score (nSPS) is 12.0. The average molecular weight is 201 g/mol. The molecule has 0 radical (unpaired) electrons. The van der Waals surface area contributed by atoms with E-state index in [9.17, 15) is 17.6 Å². The van der Waals surface area contributed by atoms with Gasteiger partial charge in [0.15, 0.2) is 0 Å². The Morgan fingerprint density at radius 1 is 1.00 bits per heavy atom. The maximum Gasteiger partial charge on any atom is 0.239 e. The molecule has 0 aromatic rings. The highest BCUT2D eigenvalue weighted by Crippen LogP contribution is 2.17. The highest BCUT2D eigenvalue weighted by Gasteiger charge is 2.18. The molecule has 0 unspecified atom stereocenters. The van der Waals surface area contributed by atoms with Crippen LogP contribution in [0.4, 0.5) is 17.6 Å². The summed E-state index contributed by atoms with van der Waals surface area (Å²) in [6.45, 7) is 2.66. The van der Waals surface area contributed by atoms with Gasteiger partial charge in [0.2, 0.25) is 12.9 Å². The zero-order chi connectivity index (χ0) is 10.3. The van der Waals surface area contributed by atoms with E-state index in [1.807, 2.05) is 6.92 Å². The van der Waals surface area contributed by atoms with Crippen molar-refractivity contribution in [3.63, 3.8) is 0 Å². The van der Waals surface area contributed by atoms with E-state index in [2.05, 4.69) is 5.32 Å². The molecule has 0 amide bonds. The maximum absolute atomic E-state index is 11.9. The van der Waals surface area contributed by atoms with Gasteiger partial charge in [0.1, 0.15) is 0 Å². The third-order valence-electron chi connectivity index (χ3n) is 1.71. The Hall–Kier alpha value is -0.320. The van der Waals surface area contributed by atoms with Gasteiger partial charge in [0.05, 0.1) is 0 Å². The van der Waals surface area contributed by atoms with E-state index in [1.165, 1.54) is 0 Å². The molecule has 0 rings (SSSR count). The fourth-order valence-corrected chi connectivity index (χ4v) is 1.12. The molecule has 1 nitrogen and oxygen atoms in total. The molecule has 5 heteroatoms. The van der Waals surface area contributed by atoms with Crippen LogP contribution in [0.1, 0.15) is 19.8 Å². The maximum atomic E-state index is 11.9. The first-order valence-electron chi connectivity index (χ1n) is 4.33. The minimum atomic E-state index is -2.50. The molecular formula is C8H15F4N. The lowest BCUT2D eigenvalue weighted by Crippen LogP contribution is -2.25. The van der Waals surface area contributed by atoms with Crippen molar-refractivity contribution < 1.29 is 17.6 Å². The van der Waals surface area contributed by atoms with Crippen LogP contribution in [0, 0.1) is 5.92 Å². The van der Waals surface area contributed by atoms with Crippen LogP contribution < -0.4 is 5.32 Å². The summed E-state index contributed by atoms with van der Waals surface area (Å²) in [5.41, 5.74) is 0. The van der Waals surface area contributed by atoms with Crippen molar-refractivity contribution in [3.05, 3.63) is 0 Å². The number of nitrogens with one attached hydrogen (secondary N) is 1. The molecule has 0 aromatic carbocycles. The third-order valence-corrected chi connectivity index (χ3v) is 1.71. The number of halogens is 4. The van der Waals surface area contributed by atoms with Gasteiger partial charge in [-0.05, 0) is 19.0 Å². The smallest absolute Gasteiger partial charge is 0.239 e. The molecule has 0 atom stereocenters. The molecule has 0 aliphatic carbocycles. The summed E-state index contributed by atoms with van der Waals surface area (Å²) in [4.78, 5) is 0. The number of alkyl halides is 4. The Bertz CT molecular complexity index is 109. The molecule has 0 aliphatic heterocycles. The Kier molecular flexibility index (Phi) is 6.94. The SMILES string of the molecule is CCNCC(CC(F)F)CC(F)F. The van der Waals surface area contributed by atoms with Gasteiger partial charge in [0, 0.05) is 12.8 Å². The molecule has 80 valence electrons. The van der Waals surface area contributed by atoms with E-state index in [4.69, 9.17) is 0 Å². The van der Waals surface area contributed by atoms with Gasteiger partial charge < -0.3 is 5.32 Å². The summed E-state index contributed by atoms with van der Waals surface area (Å²) in [5.74, 6) is -0.625. The van der Waals surface area contributed by atoms with Gasteiger partial charge in [0.25, 0.3) is 0 Å². The summed E-state index contributed by atoms with van der Waals surface area (Å²) in [6.07, 6.45) is -5.89. The van der Waals surface area contributed by atoms with Crippen molar-refractivity contribution in [2.75, 3.05) is 13.1 Å². The molecule has 0 aliphatic rings. The second kappa shape index (κ2) is 7.12. The molecule has 13 heavy (non-hydrogen) atoms. The lowest BCUT2D eigenvalue weighted by molar-refractivity contribution is 0.0730. The summed E-state index contributed by atoms with van der Waals surface area (Å²) in [7, 11) is 0. The highest BCUT2D eigenvalue weighted by molar-refractivity contribution is 4.64. The first-order chi connectivity index (χ1) is 6.06. The quantitative estimate of drug-likeness (QED) is 0.624. The molecule has 0 spiro atoms. The van der Waals surface area contributed by atoms with E-state index in [-0.39, 0.29) is 6.54 Å². The van der Waals surface area contributed by atoms with Gasteiger partial charge in [-0.3, -0.25) is 0 Å². The Morgan fingerprint density at radius 2 is 1.46 bits per heavy atom. The molecule has 1 N–H and O–H groups in total. The van der Waals surface area contributed by atoms with Crippen molar-refractivity contribution >= 4 is 0 Å². The van der Waals surface area contributed by atoms with Crippen molar-refractivity contribution in [2.24, 2.45) is 5.92 Å². The molecule has 0 aromatic heterocycles. The largest absolute Gasteiger partial charge is 0.317 e. The molecule has 0 heterocycles. The van der Waals surface area contributed by atoms with Crippen LogP contribution in [0.2, 0.25) is 0 Å². The second-order valence-corrected chi connectivity index (χ2v) is 2.93. The van der Waals surface area contributed by atoms with Gasteiger partial charge in [-0.25, -0.2) is 17.6 Å². The first kappa shape index (κ1) is 12.7. The van der Waals surface area contributed by atoms with Crippen molar-refractivity contribution in [1.29, 1.82) is 0 Å². The van der Waals surface area contributed by atoms with Crippen LogP contribution in [-0.4, -0.2) is 25.9 Å². The standard InChI is InChI=1S/C8H15F4N/c1-2-13-5-6(3-7(9)10)4-8(11)12/h6-8,13H,2-5H2,1H3. The van der Waals surface area contributed by atoms with Gasteiger partial charge in [-0.2, -0.15) is 0 Å². The summed E-state index contributed by atoms with van der Waals surface area (Å²) >= 11 is 0. The lowest BCUT2D eigenvalue weighted by Gasteiger charge is -2.15. The van der Waals surface area contributed by atoms with E-state index >= 15 is 0 Å². The van der Waals surface area contributed by atoms with Crippen LogP contribution in [-0.2, 0) is 0 Å². The van der Waals surface area contributed by atoms with Crippen molar-refractivity contribution in [1.82, 2.24) is 5.32 Å². The van der Waals surface area contributed by atoms with Crippen LogP contribution in [0.3, 0.4) is 0 Å². The monoisotopic (exact) mass is 201 g/mol. The number of hydrogen-bond donors (Lipinski definition) is 1. The molecule has 0 fully saturated rings. The van der Waals surface area contributed by atoms with Crippen LogP contribution in [0.25, 0.3) is 0 Å². The van der Waals surface area contributed by atoms with Crippen LogP contribution in [0.5, 0.6) is 0 Å². The second-order valence-electron chi connectivity index (χ2n) is 2.93. The Labute approximate surface area is 75.5 Å².